The standard InChI is InChI=1S/C28H28N4O2S/c1-17-6-4-8-20(14-17)26-24(32-28(35-26)19-11-12-19)25(33)23(22-10-2-3-13-30-22)31-27(34)21-9-5-7-18(15-21)16-29/h4-9,14-15,19,22-23,30H,2-3,10-13H2,1H3,(H,31,34). The minimum Gasteiger partial charge on any atom is -0.340 e. The summed E-state index contributed by atoms with van der Waals surface area (Å²) in [5.74, 6) is -0.0869. The first-order chi connectivity index (χ1) is 17.0. The van der Waals surface area contributed by atoms with Gasteiger partial charge in [-0.25, -0.2) is 4.98 Å². The number of amides is 1. The molecule has 2 heterocycles. The molecule has 2 unspecified atom stereocenters. The van der Waals surface area contributed by atoms with Crippen molar-refractivity contribution in [3.63, 3.8) is 0 Å². The number of rotatable bonds is 7. The number of thiazole rings is 1. The van der Waals surface area contributed by atoms with E-state index in [0.717, 1.165) is 59.7 Å². The summed E-state index contributed by atoms with van der Waals surface area (Å²) in [4.78, 5) is 33.0. The molecular weight excluding hydrogens is 456 g/mol. The molecule has 1 saturated carbocycles. The highest BCUT2D eigenvalue weighted by Crippen LogP contribution is 2.45. The highest BCUT2D eigenvalue weighted by molar-refractivity contribution is 7.15. The smallest absolute Gasteiger partial charge is 0.251 e. The van der Waals surface area contributed by atoms with Crippen LogP contribution in [0.25, 0.3) is 10.4 Å². The molecule has 2 aliphatic rings. The van der Waals surface area contributed by atoms with Crippen LogP contribution >= 0.6 is 11.3 Å². The first-order valence-corrected chi connectivity index (χ1v) is 13.0. The van der Waals surface area contributed by atoms with E-state index < -0.39 is 6.04 Å². The highest BCUT2D eigenvalue weighted by Gasteiger charge is 2.36. The number of aromatic nitrogens is 1. The van der Waals surface area contributed by atoms with E-state index >= 15 is 0 Å². The minimum atomic E-state index is -0.744. The Balaban J connectivity index is 1.51. The van der Waals surface area contributed by atoms with Crippen molar-refractivity contribution in [3.05, 3.63) is 75.9 Å². The van der Waals surface area contributed by atoms with Crippen molar-refractivity contribution in [2.45, 2.75) is 57.0 Å². The van der Waals surface area contributed by atoms with Crippen LogP contribution in [-0.4, -0.2) is 35.3 Å². The molecule has 1 saturated heterocycles. The van der Waals surface area contributed by atoms with E-state index in [-0.39, 0.29) is 17.7 Å². The third kappa shape index (κ3) is 5.19. The number of carbonyl (C=O) groups excluding carboxylic acids is 2. The molecule has 2 N–H and O–H groups in total. The van der Waals surface area contributed by atoms with Gasteiger partial charge in [-0.05, 0) is 62.9 Å². The fourth-order valence-corrected chi connectivity index (χ4v) is 5.84. The quantitative estimate of drug-likeness (QED) is 0.461. The summed E-state index contributed by atoms with van der Waals surface area (Å²) in [6.07, 6.45) is 5.05. The number of hydrogen-bond acceptors (Lipinski definition) is 6. The Morgan fingerprint density at radius 3 is 2.69 bits per heavy atom. The van der Waals surface area contributed by atoms with Crippen LogP contribution in [0, 0.1) is 18.3 Å². The van der Waals surface area contributed by atoms with Gasteiger partial charge in [-0.15, -0.1) is 11.3 Å². The van der Waals surface area contributed by atoms with Gasteiger partial charge in [0.25, 0.3) is 5.91 Å². The van der Waals surface area contributed by atoms with Gasteiger partial charge in [-0.2, -0.15) is 5.26 Å². The van der Waals surface area contributed by atoms with Crippen molar-refractivity contribution >= 4 is 23.0 Å². The van der Waals surface area contributed by atoms with E-state index in [9.17, 15) is 14.9 Å². The molecule has 178 valence electrons. The summed E-state index contributed by atoms with van der Waals surface area (Å²) in [6, 6.07) is 15.9. The fourth-order valence-electron chi connectivity index (χ4n) is 4.60. The topological polar surface area (TPSA) is 94.9 Å². The largest absolute Gasteiger partial charge is 0.340 e. The monoisotopic (exact) mass is 484 g/mol. The molecule has 1 amide bonds. The average Bonchev–Trinajstić information content (AvgIpc) is 3.65. The Kier molecular flexibility index (Phi) is 6.76. The van der Waals surface area contributed by atoms with E-state index in [4.69, 9.17) is 4.98 Å². The maximum absolute atomic E-state index is 14.1. The van der Waals surface area contributed by atoms with Gasteiger partial charge < -0.3 is 10.6 Å². The van der Waals surface area contributed by atoms with Crippen LogP contribution in [0.1, 0.15) is 75.0 Å². The normalized spacial score (nSPS) is 18.5. The predicted molar refractivity (Wildman–Crippen MR) is 137 cm³/mol. The third-order valence-electron chi connectivity index (χ3n) is 6.66. The zero-order valence-electron chi connectivity index (χ0n) is 19.7. The van der Waals surface area contributed by atoms with Crippen LogP contribution in [0.4, 0.5) is 0 Å². The molecule has 7 heteroatoms. The molecule has 3 aromatic rings. The summed E-state index contributed by atoms with van der Waals surface area (Å²) in [5, 5.41) is 16.7. The van der Waals surface area contributed by atoms with Gasteiger partial charge in [0, 0.05) is 17.5 Å². The van der Waals surface area contributed by atoms with Crippen LogP contribution in [-0.2, 0) is 0 Å². The van der Waals surface area contributed by atoms with E-state index in [1.807, 2.05) is 25.1 Å². The Bertz CT molecular complexity index is 1300. The highest BCUT2D eigenvalue weighted by atomic mass is 32.1. The van der Waals surface area contributed by atoms with Crippen LogP contribution < -0.4 is 10.6 Å². The lowest BCUT2D eigenvalue weighted by Crippen LogP contribution is -2.55. The lowest BCUT2D eigenvalue weighted by atomic mass is 9.92. The number of nitriles is 1. The van der Waals surface area contributed by atoms with Crippen LogP contribution in [0.5, 0.6) is 0 Å². The lowest BCUT2D eigenvalue weighted by Gasteiger charge is -2.31. The second kappa shape index (κ2) is 10.1. The van der Waals surface area contributed by atoms with Gasteiger partial charge in [-0.3, -0.25) is 9.59 Å². The van der Waals surface area contributed by atoms with Crippen LogP contribution in [0.2, 0.25) is 0 Å². The molecule has 6 nitrogen and oxygen atoms in total. The molecule has 0 bridgehead atoms. The number of carbonyl (C=O) groups is 2. The molecule has 0 radical (unpaired) electrons. The van der Waals surface area contributed by atoms with Crippen molar-refractivity contribution in [1.29, 1.82) is 5.26 Å². The van der Waals surface area contributed by atoms with E-state index in [1.54, 1.807) is 35.6 Å². The van der Waals surface area contributed by atoms with Crippen molar-refractivity contribution < 1.29 is 9.59 Å². The number of aryl methyl sites for hydroxylation is 1. The molecule has 1 aromatic heterocycles. The summed E-state index contributed by atoms with van der Waals surface area (Å²) in [5.41, 5.74) is 3.34. The number of benzene rings is 2. The average molecular weight is 485 g/mol. The molecule has 2 atom stereocenters. The van der Waals surface area contributed by atoms with E-state index in [0.29, 0.717) is 22.7 Å². The second-order valence-electron chi connectivity index (χ2n) is 9.44. The minimum absolute atomic E-state index is 0.158. The Labute approximate surface area is 209 Å². The lowest BCUT2D eigenvalue weighted by molar-refractivity contribution is 0.0823. The zero-order valence-corrected chi connectivity index (χ0v) is 20.5. The maximum Gasteiger partial charge on any atom is 0.251 e. The SMILES string of the molecule is Cc1cccc(-c2sc(C3CC3)nc2C(=O)C(NC(=O)c2cccc(C#N)c2)C2CCCCN2)c1. The van der Waals surface area contributed by atoms with E-state index in [1.165, 1.54) is 0 Å². The fraction of sp³-hybridized carbons (Fsp3) is 0.357. The van der Waals surface area contributed by atoms with Gasteiger partial charge in [-0.1, -0.05) is 42.3 Å². The summed E-state index contributed by atoms with van der Waals surface area (Å²) >= 11 is 1.60. The van der Waals surface area contributed by atoms with Crippen LogP contribution in [0.3, 0.4) is 0 Å². The Morgan fingerprint density at radius 2 is 1.97 bits per heavy atom. The van der Waals surface area contributed by atoms with Gasteiger partial charge in [0.05, 0.1) is 21.5 Å². The molecule has 0 spiro atoms. The van der Waals surface area contributed by atoms with Crippen molar-refractivity contribution in [3.8, 4) is 16.5 Å². The molecule has 5 rings (SSSR count). The maximum atomic E-state index is 14.1. The summed E-state index contributed by atoms with van der Waals surface area (Å²) in [7, 11) is 0. The van der Waals surface area contributed by atoms with Crippen molar-refractivity contribution in [2.24, 2.45) is 0 Å². The molecular formula is C28H28N4O2S. The second-order valence-corrected chi connectivity index (χ2v) is 10.5. The zero-order chi connectivity index (χ0) is 24.4. The number of nitrogens with zero attached hydrogens (tertiary/aromatic N) is 2. The summed E-state index contributed by atoms with van der Waals surface area (Å²) in [6.45, 7) is 2.85. The number of piperidine rings is 1. The third-order valence-corrected chi connectivity index (χ3v) is 7.92. The van der Waals surface area contributed by atoms with Crippen molar-refractivity contribution in [1.82, 2.24) is 15.6 Å². The molecule has 2 fully saturated rings. The van der Waals surface area contributed by atoms with Crippen LogP contribution in [0.15, 0.2) is 48.5 Å². The van der Waals surface area contributed by atoms with Gasteiger partial charge in [0.2, 0.25) is 5.78 Å². The Hall–Kier alpha value is -3.34. The van der Waals surface area contributed by atoms with Crippen molar-refractivity contribution in [2.75, 3.05) is 6.54 Å². The number of nitrogens with one attached hydrogen (secondary N) is 2. The summed E-state index contributed by atoms with van der Waals surface area (Å²) < 4.78 is 0. The van der Waals surface area contributed by atoms with Gasteiger partial charge in [0.15, 0.2) is 0 Å². The predicted octanol–water partition coefficient (Wildman–Crippen LogP) is 4.99. The number of ketones is 1. The number of hydrogen-bond donors (Lipinski definition) is 2. The first kappa shape index (κ1) is 23.4. The molecule has 35 heavy (non-hydrogen) atoms. The van der Waals surface area contributed by atoms with Gasteiger partial charge in [0.1, 0.15) is 11.7 Å². The van der Waals surface area contributed by atoms with E-state index in [2.05, 4.69) is 22.8 Å². The number of Topliss-reactive ketones (excluding diaryl/α,β-unsaturated/α-hetero) is 1. The Morgan fingerprint density at radius 1 is 1.14 bits per heavy atom. The first-order valence-electron chi connectivity index (χ1n) is 12.2. The molecule has 2 aromatic carbocycles. The van der Waals surface area contributed by atoms with Gasteiger partial charge >= 0.3 is 0 Å². The molecule has 1 aliphatic heterocycles. The molecule has 1 aliphatic carbocycles.